The summed E-state index contributed by atoms with van der Waals surface area (Å²) in [5.41, 5.74) is 0.265. The average Bonchev–Trinajstić information content (AvgIpc) is 2.48. The average molecular weight is 303 g/mol. The fourth-order valence-electron chi connectivity index (χ4n) is 2.09. The first-order valence-corrected chi connectivity index (χ1v) is 7.60. The van der Waals surface area contributed by atoms with Crippen LogP contribution in [-0.4, -0.2) is 8.42 Å². The topological polar surface area (TPSA) is 61.1 Å². The third-order valence-electron chi connectivity index (χ3n) is 3.16. The molecule has 0 saturated heterocycles. The van der Waals surface area contributed by atoms with E-state index in [0.717, 1.165) is 24.3 Å². The molecule has 3 aromatic rings. The van der Waals surface area contributed by atoms with Crippen LogP contribution in [0.4, 0.5) is 4.39 Å². The molecule has 3 rings (SSSR count). The Kier molecular flexibility index (Phi) is 3.10. The van der Waals surface area contributed by atoms with Gasteiger partial charge in [-0.2, -0.15) is 4.73 Å². The van der Waals surface area contributed by atoms with Crippen LogP contribution in [-0.2, 0) is 9.84 Å². The van der Waals surface area contributed by atoms with E-state index in [-0.39, 0.29) is 15.4 Å². The molecule has 0 spiro atoms. The SMILES string of the molecule is O=S(=O)(c1ccc(F)cc1)c1ccc2ccccc2[n+]1[O-]. The number of hydrogen-bond donors (Lipinski definition) is 0. The van der Waals surface area contributed by atoms with Crippen LogP contribution in [0.15, 0.2) is 70.6 Å². The van der Waals surface area contributed by atoms with Crippen molar-refractivity contribution in [3.63, 3.8) is 0 Å². The molecule has 0 amide bonds. The molecule has 0 bridgehead atoms. The summed E-state index contributed by atoms with van der Waals surface area (Å²) in [7, 11) is -3.99. The lowest BCUT2D eigenvalue weighted by Crippen LogP contribution is -2.34. The van der Waals surface area contributed by atoms with Crippen molar-refractivity contribution in [2.75, 3.05) is 0 Å². The molecule has 0 saturated carbocycles. The van der Waals surface area contributed by atoms with Crippen LogP contribution in [0, 0.1) is 11.0 Å². The van der Waals surface area contributed by atoms with E-state index < -0.39 is 15.7 Å². The van der Waals surface area contributed by atoms with Crippen molar-refractivity contribution < 1.29 is 17.5 Å². The van der Waals surface area contributed by atoms with Gasteiger partial charge in [-0.15, -0.1) is 0 Å². The smallest absolute Gasteiger partial charge is 0.313 e. The highest BCUT2D eigenvalue weighted by molar-refractivity contribution is 7.91. The van der Waals surface area contributed by atoms with Gasteiger partial charge in [0.2, 0.25) is 5.52 Å². The van der Waals surface area contributed by atoms with Crippen molar-refractivity contribution in [1.82, 2.24) is 0 Å². The van der Waals surface area contributed by atoms with Crippen molar-refractivity contribution in [2.24, 2.45) is 0 Å². The Morgan fingerprint density at radius 2 is 1.57 bits per heavy atom. The quantitative estimate of drug-likeness (QED) is 0.415. The Bertz CT molecular complexity index is 921. The van der Waals surface area contributed by atoms with E-state index >= 15 is 0 Å². The first kappa shape index (κ1) is 13.5. The van der Waals surface area contributed by atoms with Crippen LogP contribution in [0.2, 0.25) is 0 Å². The third-order valence-corrected chi connectivity index (χ3v) is 4.91. The van der Waals surface area contributed by atoms with E-state index in [9.17, 15) is 18.0 Å². The number of halogens is 1. The van der Waals surface area contributed by atoms with Crippen LogP contribution in [0.25, 0.3) is 10.9 Å². The minimum absolute atomic E-state index is 0.121. The predicted molar refractivity (Wildman–Crippen MR) is 74.8 cm³/mol. The minimum atomic E-state index is -3.99. The van der Waals surface area contributed by atoms with E-state index in [1.807, 2.05) is 0 Å². The lowest BCUT2D eigenvalue weighted by atomic mass is 10.2. The number of para-hydroxylation sites is 1. The normalized spacial score (nSPS) is 11.7. The lowest BCUT2D eigenvalue weighted by Gasteiger charge is -2.08. The standard InChI is InChI=1S/C15H10FNO3S/c16-12-6-8-13(9-7-12)21(19,20)15-10-5-11-3-1-2-4-14(11)17(15)18/h1-10H. The lowest BCUT2D eigenvalue weighted by molar-refractivity contribution is -0.619. The Balaban J connectivity index is 2.24. The summed E-state index contributed by atoms with van der Waals surface area (Å²) in [6.07, 6.45) is 0. The Labute approximate surface area is 120 Å². The maximum atomic E-state index is 12.9. The molecule has 0 aliphatic heterocycles. The van der Waals surface area contributed by atoms with Crippen molar-refractivity contribution >= 4 is 20.7 Å². The number of pyridine rings is 1. The summed E-state index contributed by atoms with van der Waals surface area (Å²) >= 11 is 0. The molecule has 2 aromatic carbocycles. The number of nitrogens with zero attached hydrogens (tertiary/aromatic N) is 1. The number of aromatic nitrogens is 1. The monoisotopic (exact) mass is 303 g/mol. The molecule has 0 N–H and O–H groups in total. The molecule has 4 nitrogen and oxygen atoms in total. The minimum Gasteiger partial charge on any atom is -0.617 e. The largest absolute Gasteiger partial charge is 0.617 e. The zero-order valence-corrected chi connectivity index (χ0v) is 11.5. The first-order valence-electron chi connectivity index (χ1n) is 6.12. The fourth-order valence-corrected chi connectivity index (χ4v) is 3.39. The Morgan fingerprint density at radius 3 is 2.29 bits per heavy atom. The van der Waals surface area contributed by atoms with Gasteiger partial charge in [0.1, 0.15) is 5.82 Å². The summed E-state index contributed by atoms with van der Waals surface area (Å²) in [6, 6.07) is 13.9. The Hall–Kier alpha value is -2.47. The second kappa shape index (κ2) is 4.82. The molecule has 0 radical (unpaired) electrons. The fraction of sp³-hybridized carbons (Fsp3) is 0. The van der Waals surface area contributed by atoms with E-state index in [1.165, 1.54) is 6.07 Å². The molecule has 0 aliphatic rings. The van der Waals surface area contributed by atoms with Gasteiger partial charge in [0.15, 0.2) is 0 Å². The van der Waals surface area contributed by atoms with Crippen LogP contribution in [0.3, 0.4) is 0 Å². The van der Waals surface area contributed by atoms with Crippen molar-refractivity contribution in [3.8, 4) is 0 Å². The number of benzene rings is 2. The van der Waals surface area contributed by atoms with Gasteiger partial charge in [0, 0.05) is 17.5 Å². The maximum Gasteiger partial charge on any atom is 0.313 e. The summed E-state index contributed by atoms with van der Waals surface area (Å²) in [6.45, 7) is 0. The van der Waals surface area contributed by atoms with Crippen LogP contribution in [0.5, 0.6) is 0 Å². The molecular weight excluding hydrogens is 293 g/mol. The van der Waals surface area contributed by atoms with E-state index in [0.29, 0.717) is 10.1 Å². The third kappa shape index (κ3) is 2.23. The van der Waals surface area contributed by atoms with Gasteiger partial charge >= 0.3 is 5.03 Å². The number of sulfone groups is 1. The van der Waals surface area contributed by atoms with Gasteiger partial charge in [-0.25, -0.2) is 12.8 Å². The van der Waals surface area contributed by atoms with Gasteiger partial charge in [0.25, 0.3) is 9.84 Å². The van der Waals surface area contributed by atoms with E-state index in [1.54, 1.807) is 30.3 Å². The number of rotatable bonds is 2. The van der Waals surface area contributed by atoms with Crippen molar-refractivity contribution in [3.05, 3.63) is 71.7 Å². The summed E-state index contributed by atoms with van der Waals surface area (Å²) in [4.78, 5) is -0.121. The molecular formula is C15H10FNO3S. The van der Waals surface area contributed by atoms with Crippen LogP contribution in [0.1, 0.15) is 0 Å². The van der Waals surface area contributed by atoms with Gasteiger partial charge < -0.3 is 5.21 Å². The second-order valence-corrected chi connectivity index (χ2v) is 6.38. The zero-order chi connectivity index (χ0) is 15.0. The number of fused-ring (bicyclic) bond motifs is 1. The highest BCUT2D eigenvalue weighted by Crippen LogP contribution is 2.20. The molecule has 0 unspecified atom stereocenters. The molecule has 21 heavy (non-hydrogen) atoms. The molecule has 1 aromatic heterocycles. The predicted octanol–water partition coefficient (Wildman–Crippen LogP) is 2.45. The molecule has 0 atom stereocenters. The van der Waals surface area contributed by atoms with Gasteiger partial charge in [0.05, 0.1) is 4.90 Å². The van der Waals surface area contributed by atoms with E-state index in [4.69, 9.17) is 0 Å². The van der Waals surface area contributed by atoms with Crippen LogP contribution >= 0.6 is 0 Å². The second-order valence-electron chi connectivity index (χ2n) is 4.48. The van der Waals surface area contributed by atoms with E-state index in [2.05, 4.69) is 0 Å². The summed E-state index contributed by atoms with van der Waals surface area (Å²) in [5, 5.41) is 12.5. The van der Waals surface area contributed by atoms with Crippen molar-refractivity contribution in [1.29, 1.82) is 0 Å². The summed E-state index contributed by atoms with van der Waals surface area (Å²) in [5.74, 6) is -0.539. The highest BCUT2D eigenvalue weighted by Gasteiger charge is 2.27. The molecule has 106 valence electrons. The Morgan fingerprint density at radius 1 is 0.905 bits per heavy atom. The highest BCUT2D eigenvalue weighted by atomic mass is 32.2. The van der Waals surface area contributed by atoms with Gasteiger partial charge in [-0.1, -0.05) is 12.1 Å². The van der Waals surface area contributed by atoms with Gasteiger partial charge in [-0.3, -0.25) is 0 Å². The molecule has 0 fully saturated rings. The number of hydrogen-bond acceptors (Lipinski definition) is 3. The van der Waals surface area contributed by atoms with Gasteiger partial charge in [-0.05, 0) is 36.4 Å². The van der Waals surface area contributed by atoms with Crippen LogP contribution < -0.4 is 4.73 Å². The molecule has 6 heteroatoms. The maximum absolute atomic E-state index is 12.9. The summed E-state index contributed by atoms with van der Waals surface area (Å²) < 4.78 is 38.2. The first-order chi connectivity index (χ1) is 10.00. The van der Waals surface area contributed by atoms with Crippen molar-refractivity contribution in [2.45, 2.75) is 9.92 Å². The molecule has 1 heterocycles. The zero-order valence-electron chi connectivity index (χ0n) is 10.7. The molecule has 0 aliphatic carbocycles.